The maximum Gasteiger partial charge on any atom is 0.220 e. The highest BCUT2D eigenvalue weighted by atomic mass is 16.1. The molecular formula is C12H24N2O. The molecule has 0 radical (unpaired) electrons. The average molecular weight is 212 g/mol. The van der Waals surface area contributed by atoms with Crippen molar-refractivity contribution >= 4 is 5.91 Å². The van der Waals surface area contributed by atoms with Gasteiger partial charge in [-0.15, -0.1) is 0 Å². The predicted octanol–water partition coefficient (Wildman–Crippen LogP) is 1.81. The molecule has 1 rings (SSSR count). The number of carbonyl (C=O) groups excluding carboxylic acids is 1. The van der Waals surface area contributed by atoms with E-state index in [0.29, 0.717) is 24.9 Å². The summed E-state index contributed by atoms with van der Waals surface area (Å²) in [7, 11) is 0. The molecule has 0 saturated heterocycles. The first-order valence-electron chi connectivity index (χ1n) is 6.27. The van der Waals surface area contributed by atoms with Gasteiger partial charge in [-0.2, -0.15) is 0 Å². The van der Waals surface area contributed by atoms with Crippen molar-refractivity contribution in [3.05, 3.63) is 0 Å². The van der Waals surface area contributed by atoms with Gasteiger partial charge in [-0.05, 0) is 31.7 Å². The Kier molecular flexibility index (Phi) is 5.69. The summed E-state index contributed by atoms with van der Waals surface area (Å²) in [5, 5.41) is 3.16. The number of hydrogen-bond acceptors (Lipinski definition) is 2. The lowest BCUT2D eigenvalue weighted by Gasteiger charge is -2.31. The second-order valence-electron chi connectivity index (χ2n) is 4.52. The van der Waals surface area contributed by atoms with E-state index < -0.39 is 0 Å². The molecule has 15 heavy (non-hydrogen) atoms. The Balaban J connectivity index is 2.30. The van der Waals surface area contributed by atoms with E-state index in [9.17, 15) is 4.79 Å². The summed E-state index contributed by atoms with van der Waals surface area (Å²) in [4.78, 5) is 11.6. The molecule has 1 amide bonds. The number of carbonyl (C=O) groups is 1. The Labute approximate surface area is 92.8 Å². The number of rotatable bonds is 5. The zero-order chi connectivity index (χ0) is 11.1. The highest BCUT2D eigenvalue weighted by Crippen LogP contribution is 2.26. The van der Waals surface area contributed by atoms with E-state index in [1.807, 2.05) is 0 Å². The van der Waals surface area contributed by atoms with Crippen LogP contribution in [0.1, 0.15) is 51.9 Å². The molecule has 3 nitrogen and oxygen atoms in total. The Hall–Kier alpha value is -0.570. The van der Waals surface area contributed by atoms with Gasteiger partial charge in [-0.25, -0.2) is 0 Å². The largest absolute Gasteiger partial charge is 0.353 e. The molecular weight excluding hydrogens is 188 g/mol. The molecule has 2 atom stereocenters. The number of hydrogen-bond donors (Lipinski definition) is 2. The maximum absolute atomic E-state index is 11.6. The normalized spacial score (nSPS) is 26.3. The summed E-state index contributed by atoms with van der Waals surface area (Å²) < 4.78 is 0. The van der Waals surface area contributed by atoms with Crippen molar-refractivity contribution in [3.8, 4) is 0 Å². The molecule has 3 heteroatoms. The highest BCUT2D eigenvalue weighted by Gasteiger charge is 2.24. The van der Waals surface area contributed by atoms with Crippen LogP contribution in [0.3, 0.4) is 0 Å². The Bertz CT molecular complexity index is 194. The van der Waals surface area contributed by atoms with Crippen molar-refractivity contribution in [1.29, 1.82) is 0 Å². The van der Waals surface area contributed by atoms with Gasteiger partial charge in [0.15, 0.2) is 0 Å². The van der Waals surface area contributed by atoms with Gasteiger partial charge in [-0.3, -0.25) is 4.79 Å². The van der Waals surface area contributed by atoms with Crippen LogP contribution >= 0.6 is 0 Å². The number of nitrogens with one attached hydrogen (secondary N) is 1. The Morgan fingerprint density at radius 3 is 2.80 bits per heavy atom. The third kappa shape index (κ3) is 4.20. The van der Waals surface area contributed by atoms with E-state index in [0.717, 1.165) is 12.8 Å². The van der Waals surface area contributed by atoms with Gasteiger partial charge in [0, 0.05) is 12.5 Å². The molecule has 1 aliphatic carbocycles. The summed E-state index contributed by atoms with van der Waals surface area (Å²) in [5.74, 6) is 0.881. The molecule has 0 aliphatic heterocycles. The number of nitrogens with two attached hydrogens (primary N) is 1. The van der Waals surface area contributed by atoms with Gasteiger partial charge in [0.25, 0.3) is 0 Å². The molecule has 0 heterocycles. The third-order valence-corrected chi connectivity index (χ3v) is 3.39. The molecule has 0 spiro atoms. The van der Waals surface area contributed by atoms with Crippen LogP contribution < -0.4 is 11.1 Å². The molecule has 0 bridgehead atoms. The predicted molar refractivity (Wildman–Crippen MR) is 62.5 cm³/mol. The van der Waals surface area contributed by atoms with E-state index in [-0.39, 0.29) is 5.91 Å². The van der Waals surface area contributed by atoms with E-state index in [2.05, 4.69) is 12.2 Å². The SMILES string of the molecule is CCC1CCCCC1NC(=O)CCCN. The van der Waals surface area contributed by atoms with Crippen molar-refractivity contribution in [1.82, 2.24) is 5.32 Å². The molecule has 3 N–H and O–H groups in total. The molecule has 0 aromatic rings. The van der Waals surface area contributed by atoms with Crippen LogP contribution in [0.5, 0.6) is 0 Å². The maximum atomic E-state index is 11.6. The van der Waals surface area contributed by atoms with Crippen molar-refractivity contribution in [2.24, 2.45) is 11.7 Å². The topological polar surface area (TPSA) is 55.1 Å². The summed E-state index contributed by atoms with van der Waals surface area (Å²) >= 11 is 0. The first kappa shape index (κ1) is 12.5. The van der Waals surface area contributed by atoms with E-state index in [1.54, 1.807) is 0 Å². The van der Waals surface area contributed by atoms with Crippen molar-refractivity contribution in [2.75, 3.05) is 6.54 Å². The summed E-state index contributed by atoms with van der Waals surface area (Å²) in [6, 6.07) is 0.425. The minimum Gasteiger partial charge on any atom is -0.353 e. The fourth-order valence-corrected chi connectivity index (χ4v) is 2.43. The Morgan fingerprint density at radius 1 is 1.40 bits per heavy atom. The fourth-order valence-electron chi connectivity index (χ4n) is 2.43. The van der Waals surface area contributed by atoms with Crippen LogP contribution in [-0.4, -0.2) is 18.5 Å². The Morgan fingerprint density at radius 2 is 2.13 bits per heavy atom. The minimum absolute atomic E-state index is 0.186. The summed E-state index contributed by atoms with van der Waals surface area (Å²) in [5.41, 5.74) is 5.38. The molecule has 1 saturated carbocycles. The highest BCUT2D eigenvalue weighted by molar-refractivity contribution is 5.76. The molecule has 0 aromatic carbocycles. The van der Waals surface area contributed by atoms with Crippen LogP contribution in [0.4, 0.5) is 0 Å². The van der Waals surface area contributed by atoms with Crippen LogP contribution in [-0.2, 0) is 4.79 Å². The average Bonchev–Trinajstić information content (AvgIpc) is 2.27. The lowest BCUT2D eigenvalue weighted by atomic mass is 9.83. The van der Waals surface area contributed by atoms with E-state index in [4.69, 9.17) is 5.73 Å². The van der Waals surface area contributed by atoms with Gasteiger partial charge in [0.2, 0.25) is 5.91 Å². The van der Waals surface area contributed by atoms with Gasteiger partial charge < -0.3 is 11.1 Å². The van der Waals surface area contributed by atoms with Gasteiger partial charge in [-0.1, -0.05) is 26.2 Å². The quantitative estimate of drug-likeness (QED) is 0.730. The molecule has 1 aliphatic rings. The summed E-state index contributed by atoms with van der Waals surface area (Å²) in [6.45, 7) is 2.82. The number of amides is 1. The summed E-state index contributed by atoms with van der Waals surface area (Å²) in [6.07, 6.45) is 7.60. The smallest absolute Gasteiger partial charge is 0.220 e. The zero-order valence-electron chi connectivity index (χ0n) is 9.80. The van der Waals surface area contributed by atoms with Crippen LogP contribution in [0.25, 0.3) is 0 Å². The second-order valence-corrected chi connectivity index (χ2v) is 4.52. The first-order valence-corrected chi connectivity index (χ1v) is 6.27. The lowest BCUT2D eigenvalue weighted by Crippen LogP contribution is -2.41. The molecule has 2 unspecified atom stereocenters. The standard InChI is InChI=1S/C12H24N2O/c1-2-10-6-3-4-7-11(10)14-12(15)8-5-9-13/h10-11H,2-9,13H2,1H3,(H,14,15). The van der Waals surface area contributed by atoms with E-state index >= 15 is 0 Å². The van der Waals surface area contributed by atoms with Gasteiger partial charge in [0.1, 0.15) is 0 Å². The monoisotopic (exact) mass is 212 g/mol. The van der Waals surface area contributed by atoms with Crippen LogP contribution in [0.2, 0.25) is 0 Å². The van der Waals surface area contributed by atoms with Crippen LogP contribution in [0, 0.1) is 5.92 Å². The fraction of sp³-hybridized carbons (Fsp3) is 0.917. The molecule has 1 fully saturated rings. The van der Waals surface area contributed by atoms with Crippen molar-refractivity contribution < 1.29 is 4.79 Å². The lowest BCUT2D eigenvalue weighted by molar-refractivity contribution is -0.122. The molecule has 0 aromatic heterocycles. The van der Waals surface area contributed by atoms with Crippen molar-refractivity contribution in [2.45, 2.75) is 57.9 Å². The zero-order valence-corrected chi connectivity index (χ0v) is 9.80. The third-order valence-electron chi connectivity index (χ3n) is 3.39. The van der Waals surface area contributed by atoms with Crippen molar-refractivity contribution in [3.63, 3.8) is 0 Å². The molecule has 88 valence electrons. The van der Waals surface area contributed by atoms with Gasteiger partial charge >= 0.3 is 0 Å². The van der Waals surface area contributed by atoms with Gasteiger partial charge in [0.05, 0.1) is 0 Å². The second kappa shape index (κ2) is 6.83. The van der Waals surface area contributed by atoms with Crippen LogP contribution in [0.15, 0.2) is 0 Å². The first-order chi connectivity index (χ1) is 7.27. The van der Waals surface area contributed by atoms with E-state index in [1.165, 1.54) is 25.7 Å². The minimum atomic E-state index is 0.186.